The average Bonchev–Trinajstić information content (AvgIpc) is 3.31. The number of carbonyl (C=O) groups is 4. The van der Waals surface area contributed by atoms with Gasteiger partial charge in [-0.15, -0.1) is 11.8 Å². The molecule has 0 bridgehead atoms. The van der Waals surface area contributed by atoms with E-state index in [0.717, 1.165) is 25.7 Å². The summed E-state index contributed by atoms with van der Waals surface area (Å²) in [6, 6.07) is 19.4. The second-order valence-corrected chi connectivity index (χ2v) is 15.2. The molecule has 1 aliphatic carbocycles. The Labute approximate surface area is 329 Å². The molecule has 0 radical (unpaired) electrons. The van der Waals surface area contributed by atoms with Gasteiger partial charge in [-0.1, -0.05) is 88.1 Å². The Balaban J connectivity index is 1.36. The fourth-order valence-corrected chi connectivity index (χ4v) is 8.31. The number of nitrogens with one attached hydrogen (secondary N) is 3. The minimum Gasteiger partial charge on any atom is -0.504 e. The molecule has 3 aromatic carbocycles. The number of nitrogens with zero attached hydrogens (tertiary/aromatic N) is 1. The van der Waals surface area contributed by atoms with Gasteiger partial charge in [-0.25, -0.2) is 4.72 Å². The molecule has 292 valence electrons. The highest BCUT2D eigenvalue weighted by molar-refractivity contribution is 8.01. The van der Waals surface area contributed by atoms with Crippen LogP contribution in [0.3, 0.4) is 0 Å². The summed E-state index contributed by atoms with van der Waals surface area (Å²) >= 11 is 2.48. The lowest BCUT2D eigenvalue weighted by atomic mass is 9.86. The summed E-state index contributed by atoms with van der Waals surface area (Å²) in [5, 5.41) is 34.0. The third-order valence-corrected chi connectivity index (χ3v) is 11.4. The Bertz CT molecular complexity index is 1890. The van der Waals surface area contributed by atoms with Gasteiger partial charge in [0, 0.05) is 12.2 Å². The zero-order chi connectivity index (χ0) is 39.5. The number of phenols is 3. The van der Waals surface area contributed by atoms with Crippen LogP contribution in [-0.2, 0) is 30.3 Å². The third-order valence-electron chi connectivity index (χ3n) is 9.51. The van der Waals surface area contributed by atoms with Crippen LogP contribution in [0.1, 0.15) is 69.5 Å². The number of rotatable bonds is 17. The van der Waals surface area contributed by atoms with Crippen LogP contribution < -0.4 is 20.3 Å². The lowest BCUT2D eigenvalue weighted by Gasteiger charge is -2.36. The Kier molecular flexibility index (Phi) is 14.3. The summed E-state index contributed by atoms with van der Waals surface area (Å²) in [6.07, 6.45) is 8.39. The van der Waals surface area contributed by atoms with Gasteiger partial charge in [0.1, 0.15) is 28.3 Å². The summed E-state index contributed by atoms with van der Waals surface area (Å²) < 4.78 is 9.57. The second-order valence-electron chi connectivity index (χ2n) is 13.4. The quantitative estimate of drug-likeness (QED) is 0.0683. The summed E-state index contributed by atoms with van der Waals surface area (Å²) in [7, 11) is 0. The molecule has 5 rings (SSSR count). The molecule has 6 N–H and O–H groups in total. The highest BCUT2D eigenvalue weighted by Gasteiger charge is 2.48. The summed E-state index contributed by atoms with van der Waals surface area (Å²) in [5.41, 5.74) is 0.951. The second kappa shape index (κ2) is 19.1. The highest BCUT2D eigenvalue weighted by Crippen LogP contribution is 2.43. The van der Waals surface area contributed by atoms with Crippen LogP contribution in [0.15, 0.2) is 95.2 Å². The van der Waals surface area contributed by atoms with Gasteiger partial charge in [0.05, 0.1) is 4.91 Å². The monoisotopic (exact) mass is 788 g/mol. The number of aromatic hydroxyl groups is 3. The van der Waals surface area contributed by atoms with Gasteiger partial charge in [-0.2, -0.15) is 0 Å². The summed E-state index contributed by atoms with van der Waals surface area (Å²) in [6.45, 7) is 3.79. The fraction of sp³-hybridized carbons (Fsp3) is 0.366. The molecule has 12 nitrogen and oxygen atoms in total. The van der Waals surface area contributed by atoms with E-state index < -0.39 is 52.5 Å². The molecule has 0 spiro atoms. The lowest BCUT2D eigenvalue weighted by molar-refractivity contribution is -0.131. The Morgan fingerprint density at radius 1 is 0.964 bits per heavy atom. The Hall–Kier alpha value is -4.92. The molecule has 0 saturated heterocycles. The highest BCUT2D eigenvalue weighted by atomic mass is 32.2. The van der Waals surface area contributed by atoms with Crippen molar-refractivity contribution in [3.05, 3.63) is 106 Å². The number of ether oxygens (including phenoxy) is 1. The molecule has 14 heteroatoms. The van der Waals surface area contributed by atoms with Crippen LogP contribution in [-0.4, -0.2) is 69.0 Å². The van der Waals surface area contributed by atoms with E-state index >= 15 is 0 Å². The molecule has 55 heavy (non-hydrogen) atoms. The van der Waals surface area contributed by atoms with Crippen LogP contribution in [0.25, 0.3) is 0 Å². The van der Waals surface area contributed by atoms with Crippen molar-refractivity contribution >= 4 is 52.9 Å². The van der Waals surface area contributed by atoms with Crippen LogP contribution in [0.2, 0.25) is 0 Å². The van der Waals surface area contributed by atoms with E-state index in [-0.39, 0.29) is 36.1 Å². The number of ketones is 1. The van der Waals surface area contributed by atoms with Gasteiger partial charge < -0.3 is 30.7 Å². The molecular weight excluding hydrogens is 741 g/mol. The van der Waals surface area contributed by atoms with E-state index in [4.69, 9.17) is 4.74 Å². The van der Waals surface area contributed by atoms with Gasteiger partial charge in [0.2, 0.25) is 11.7 Å². The molecule has 0 saturated carbocycles. The predicted molar refractivity (Wildman–Crippen MR) is 215 cm³/mol. The first kappa shape index (κ1) is 41.2. The van der Waals surface area contributed by atoms with E-state index in [1.165, 1.54) is 35.8 Å². The molecule has 3 aromatic rings. The number of hydrogen-bond acceptors (Lipinski definition) is 11. The molecule has 0 aromatic heterocycles. The first-order chi connectivity index (χ1) is 26.5. The van der Waals surface area contributed by atoms with E-state index in [1.807, 2.05) is 30.3 Å². The van der Waals surface area contributed by atoms with Gasteiger partial charge in [-0.3, -0.25) is 24.1 Å². The number of thioether (sulfide) groups is 1. The SMILES string of the molecule is CCCCC1(CCCC)NSC2=C(C(=O)C(SC)C(OCC(=O)N[C@@H](C(=O)NCCc3cc(O)c(O)c(O)c3)c3ccccc3)=C2)N(c2ccccc2)C1=O. The predicted octanol–water partition coefficient (Wildman–Crippen LogP) is 6.15. The number of allylic oxidation sites excluding steroid dienone is 2. The van der Waals surface area contributed by atoms with Gasteiger partial charge >= 0.3 is 0 Å². The first-order valence-corrected chi connectivity index (χ1v) is 20.5. The number of anilines is 1. The first-order valence-electron chi connectivity index (χ1n) is 18.4. The van der Waals surface area contributed by atoms with Crippen LogP contribution in [0.5, 0.6) is 17.2 Å². The number of hydrogen-bond donors (Lipinski definition) is 6. The van der Waals surface area contributed by atoms with Crippen molar-refractivity contribution in [3.63, 3.8) is 0 Å². The van der Waals surface area contributed by atoms with E-state index in [1.54, 1.807) is 47.6 Å². The third kappa shape index (κ3) is 9.67. The molecule has 2 atom stereocenters. The minimum atomic E-state index is -1.09. The van der Waals surface area contributed by atoms with Gasteiger partial charge in [-0.05, 0) is 78.9 Å². The number of unbranched alkanes of at least 4 members (excludes halogenated alkanes) is 2. The number of carbonyl (C=O) groups excluding carboxylic acids is 4. The Morgan fingerprint density at radius 2 is 1.58 bits per heavy atom. The maximum Gasteiger partial charge on any atom is 0.258 e. The average molecular weight is 789 g/mol. The van der Waals surface area contributed by atoms with E-state index in [9.17, 15) is 34.5 Å². The molecule has 1 unspecified atom stereocenters. The van der Waals surface area contributed by atoms with Crippen molar-refractivity contribution in [2.75, 3.05) is 24.3 Å². The van der Waals surface area contributed by atoms with Crippen molar-refractivity contribution in [3.8, 4) is 17.2 Å². The molecule has 1 aliphatic heterocycles. The zero-order valence-corrected chi connectivity index (χ0v) is 32.8. The number of amides is 3. The molecule has 1 heterocycles. The molecular formula is C41H48N4O8S2. The number of benzene rings is 3. The zero-order valence-electron chi connectivity index (χ0n) is 31.2. The molecule has 2 aliphatic rings. The van der Waals surface area contributed by atoms with Crippen LogP contribution in [0.4, 0.5) is 5.69 Å². The van der Waals surface area contributed by atoms with Crippen molar-refractivity contribution in [2.24, 2.45) is 0 Å². The van der Waals surface area contributed by atoms with E-state index in [0.29, 0.717) is 34.6 Å². The number of Topliss-reactive ketones (excluding diaryl/α,β-unsaturated/α-hetero) is 1. The smallest absolute Gasteiger partial charge is 0.258 e. The maximum absolute atomic E-state index is 14.7. The standard InChI is InChI=1S/C41H48N4O8S2/c1-4-6-19-41(20-7-5-2)40(52)45(28-16-12-9-13-17-28)35-32(55-44-41)24-31(38(54-3)37(35)50)53-25-33(48)43-34(27-14-10-8-11-15-27)39(51)42-21-18-26-22-29(46)36(49)30(47)23-26/h8-17,22-24,34,38,44,46-47,49H,4-7,18-21,25H2,1-3H3,(H,42,51)(H,43,48)/t34-,38?/m1/s1. The van der Waals surface area contributed by atoms with Gasteiger partial charge in [0.15, 0.2) is 23.9 Å². The lowest BCUT2D eigenvalue weighted by Crippen LogP contribution is -2.55. The van der Waals surface area contributed by atoms with Crippen molar-refractivity contribution in [2.45, 2.75) is 75.6 Å². The minimum absolute atomic E-state index is 0.104. The maximum atomic E-state index is 14.7. The van der Waals surface area contributed by atoms with Crippen LogP contribution >= 0.6 is 23.7 Å². The van der Waals surface area contributed by atoms with Gasteiger partial charge in [0.25, 0.3) is 11.8 Å². The van der Waals surface area contributed by atoms with E-state index in [2.05, 4.69) is 29.2 Å². The molecule has 0 fully saturated rings. The normalized spacial score (nSPS) is 17.2. The number of phenolic OH excluding ortho intramolecular Hbond substituents is 3. The molecule has 3 amide bonds. The largest absolute Gasteiger partial charge is 0.504 e. The topological polar surface area (TPSA) is 178 Å². The Morgan fingerprint density at radius 3 is 2.18 bits per heavy atom. The van der Waals surface area contributed by atoms with Crippen molar-refractivity contribution in [1.82, 2.24) is 15.4 Å². The van der Waals surface area contributed by atoms with Crippen LogP contribution in [0, 0.1) is 0 Å². The van der Waals surface area contributed by atoms with Crippen molar-refractivity contribution < 1.29 is 39.2 Å². The number of para-hydroxylation sites is 1. The fourth-order valence-electron chi connectivity index (χ4n) is 6.55. The summed E-state index contributed by atoms with van der Waals surface area (Å²) in [4.78, 5) is 58.1. The van der Waals surface area contributed by atoms with Crippen molar-refractivity contribution in [1.29, 1.82) is 0 Å². The summed E-state index contributed by atoms with van der Waals surface area (Å²) in [5.74, 6) is -2.92.